The first kappa shape index (κ1) is 9.46. The Kier molecular flexibility index (Phi) is 2.19. The molecule has 0 spiro atoms. The molecule has 2 N–H and O–H groups in total. The molecule has 1 aliphatic heterocycles. The van der Waals surface area contributed by atoms with E-state index in [0.717, 1.165) is 12.2 Å². The second-order valence-corrected chi connectivity index (χ2v) is 4.05. The van der Waals surface area contributed by atoms with Gasteiger partial charge in [-0.2, -0.15) is 0 Å². The Morgan fingerprint density at radius 1 is 1.57 bits per heavy atom. The van der Waals surface area contributed by atoms with Gasteiger partial charge < -0.3 is 10.6 Å². The van der Waals surface area contributed by atoms with Gasteiger partial charge in [-0.3, -0.25) is 0 Å². The summed E-state index contributed by atoms with van der Waals surface area (Å²) >= 11 is 0. The number of fused-ring (bicyclic) bond motifs is 1. The summed E-state index contributed by atoms with van der Waals surface area (Å²) in [7, 11) is 1.97. The number of benzene rings is 1. The minimum absolute atomic E-state index is 0.115. The van der Waals surface area contributed by atoms with Crippen LogP contribution in [0.1, 0.15) is 18.4 Å². The summed E-state index contributed by atoms with van der Waals surface area (Å²) in [6.07, 6.45) is 0. The molecule has 3 heteroatoms. The normalized spacial score (nSPS) is 22.3. The highest BCUT2D eigenvalue weighted by atomic mass is 19.1. The molecular formula is C11H15FN2. The van der Waals surface area contributed by atoms with Gasteiger partial charge in [0.15, 0.2) is 0 Å². The Hall–Kier alpha value is -1.09. The third kappa shape index (κ3) is 1.38. The predicted molar refractivity (Wildman–Crippen MR) is 56.1 cm³/mol. The van der Waals surface area contributed by atoms with Gasteiger partial charge in [0.05, 0.1) is 0 Å². The van der Waals surface area contributed by atoms with Gasteiger partial charge in [0, 0.05) is 31.2 Å². The molecule has 2 unspecified atom stereocenters. The van der Waals surface area contributed by atoms with Gasteiger partial charge in [0.2, 0.25) is 0 Å². The second kappa shape index (κ2) is 3.24. The average molecular weight is 194 g/mol. The lowest BCUT2D eigenvalue weighted by molar-refractivity contribution is 0.593. The Bertz CT molecular complexity index is 349. The van der Waals surface area contributed by atoms with E-state index in [1.54, 1.807) is 6.07 Å². The van der Waals surface area contributed by atoms with Crippen LogP contribution in [0.2, 0.25) is 0 Å². The Balaban J connectivity index is 2.44. The number of hydrogen-bond acceptors (Lipinski definition) is 2. The van der Waals surface area contributed by atoms with Crippen LogP contribution in [-0.4, -0.2) is 19.6 Å². The molecule has 1 aliphatic rings. The fourth-order valence-electron chi connectivity index (χ4n) is 2.10. The van der Waals surface area contributed by atoms with Crippen molar-refractivity contribution in [3.8, 4) is 0 Å². The summed E-state index contributed by atoms with van der Waals surface area (Å²) < 4.78 is 13.0. The number of hydrogen-bond donors (Lipinski definition) is 1. The van der Waals surface area contributed by atoms with Gasteiger partial charge >= 0.3 is 0 Å². The van der Waals surface area contributed by atoms with Crippen LogP contribution in [0.5, 0.6) is 0 Å². The van der Waals surface area contributed by atoms with E-state index in [-0.39, 0.29) is 11.9 Å². The van der Waals surface area contributed by atoms with Crippen molar-refractivity contribution in [3.05, 3.63) is 29.6 Å². The number of nitrogens with zero attached hydrogens (tertiary/aromatic N) is 1. The van der Waals surface area contributed by atoms with Crippen molar-refractivity contribution in [2.75, 3.05) is 18.5 Å². The van der Waals surface area contributed by atoms with Crippen LogP contribution in [0.3, 0.4) is 0 Å². The number of halogens is 1. The molecule has 1 heterocycles. The molecule has 0 amide bonds. The minimum atomic E-state index is -0.180. The smallest absolute Gasteiger partial charge is 0.125 e. The van der Waals surface area contributed by atoms with Crippen LogP contribution >= 0.6 is 0 Å². The van der Waals surface area contributed by atoms with Crippen molar-refractivity contribution >= 4 is 5.69 Å². The molecule has 2 atom stereocenters. The molecule has 0 fully saturated rings. The zero-order valence-corrected chi connectivity index (χ0v) is 8.50. The fraction of sp³-hybridized carbons (Fsp3) is 0.455. The zero-order valence-electron chi connectivity index (χ0n) is 8.50. The summed E-state index contributed by atoms with van der Waals surface area (Å²) in [6.45, 7) is 2.88. The lowest BCUT2D eigenvalue weighted by Gasteiger charge is -2.15. The molecule has 0 bridgehead atoms. The maximum Gasteiger partial charge on any atom is 0.125 e. The third-order valence-corrected chi connectivity index (χ3v) is 2.91. The van der Waals surface area contributed by atoms with Crippen LogP contribution in [0, 0.1) is 5.82 Å². The highest BCUT2D eigenvalue weighted by Gasteiger charge is 2.28. The van der Waals surface area contributed by atoms with Crippen LogP contribution in [0.4, 0.5) is 10.1 Å². The maximum absolute atomic E-state index is 13.0. The quantitative estimate of drug-likeness (QED) is 0.737. The van der Waals surface area contributed by atoms with Crippen molar-refractivity contribution in [2.24, 2.45) is 5.73 Å². The van der Waals surface area contributed by atoms with E-state index in [4.69, 9.17) is 5.73 Å². The van der Waals surface area contributed by atoms with Gasteiger partial charge in [-0.1, -0.05) is 6.07 Å². The highest BCUT2D eigenvalue weighted by molar-refractivity contribution is 5.60. The maximum atomic E-state index is 13.0. The van der Waals surface area contributed by atoms with Crippen molar-refractivity contribution < 1.29 is 4.39 Å². The van der Waals surface area contributed by atoms with Crippen LogP contribution in [0.25, 0.3) is 0 Å². The molecule has 2 rings (SSSR count). The van der Waals surface area contributed by atoms with Gasteiger partial charge in [0.25, 0.3) is 0 Å². The van der Waals surface area contributed by atoms with Crippen molar-refractivity contribution in [1.82, 2.24) is 0 Å². The topological polar surface area (TPSA) is 29.3 Å². The Morgan fingerprint density at radius 3 is 2.93 bits per heavy atom. The lowest BCUT2D eigenvalue weighted by atomic mass is 9.95. The van der Waals surface area contributed by atoms with Crippen molar-refractivity contribution in [1.29, 1.82) is 0 Å². The average Bonchev–Trinajstić information content (AvgIpc) is 2.44. The summed E-state index contributed by atoms with van der Waals surface area (Å²) in [5.74, 6) is 0.150. The summed E-state index contributed by atoms with van der Waals surface area (Å²) in [4.78, 5) is 2.06. The summed E-state index contributed by atoms with van der Waals surface area (Å²) in [5.41, 5.74) is 8.04. The zero-order chi connectivity index (χ0) is 10.3. The molecule has 76 valence electrons. The van der Waals surface area contributed by atoms with E-state index >= 15 is 0 Å². The van der Waals surface area contributed by atoms with E-state index in [2.05, 4.69) is 4.90 Å². The number of rotatable bonds is 1. The van der Waals surface area contributed by atoms with E-state index in [0.29, 0.717) is 5.92 Å². The standard InChI is InChI=1S/C11H15FN2/c1-7(13)10-6-14(2)11-5-8(12)3-4-9(10)11/h3-5,7,10H,6,13H2,1-2H3. The summed E-state index contributed by atoms with van der Waals surface area (Å²) in [5, 5.41) is 0. The van der Waals surface area contributed by atoms with Gasteiger partial charge in [0.1, 0.15) is 5.82 Å². The van der Waals surface area contributed by atoms with Gasteiger partial charge in [-0.15, -0.1) is 0 Å². The molecule has 14 heavy (non-hydrogen) atoms. The van der Waals surface area contributed by atoms with E-state index in [9.17, 15) is 4.39 Å². The number of likely N-dealkylation sites (N-methyl/N-ethyl adjacent to an activating group) is 1. The monoisotopic (exact) mass is 194 g/mol. The molecule has 2 nitrogen and oxygen atoms in total. The molecule has 0 saturated carbocycles. The second-order valence-electron chi connectivity index (χ2n) is 4.05. The SMILES string of the molecule is CC(N)C1CN(C)c2cc(F)ccc21. The molecule has 0 aliphatic carbocycles. The number of anilines is 1. The van der Waals surface area contributed by atoms with E-state index < -0.39 is 0 Å². The minimum Gasteiger partial charge on any atom is -0.374 e. The van der Waals surface area contributed by atoms with Crippen molar-refractivity contribution in [3.63, 3.8) is 0 Å². The third-order valence-electron chi connectivity index (χ3n) is 2.91. The molecule has 0 saturated heterocycles. The first-order valence-corrected chi connectivity index (χ1v) is 4.86. The summed E-state index contributed by atoms with van der Waals surface area (Å²) in [6, 6.07) is 5.05. The fourth-order valence-corrected chi connectivity index (χ4v) is 2.10. The van der Waals surface area contributed by atoms with E-state index in [1.807, 2.05) is 20.0 Å². The molecular weight excluding hydrogens is 179 g/mol. The number of nitrogens with two attached hydrogens (primary N) is 1. The molecule has 0 radical (unpaired) electrons. The highest BCUT2D eigenvalue weighted by Crippen LogP contribution is 2.36. The predicted octanol–water partition coefficient (Wildman–Crippen LogP) is 1.71. The van der Waals surface area contributed by atoms with Crippen LogP contribution < -0.4 is 10.6 Å². The van der Waals surface area contributed by atoms with E-state index in [1.165, 1.54) is 11.6 Å². The molecule has 0 aromatic heterocycles. The van der Waals surface area contributed by atoms with Crippen LogP contribution in [0.15, 0.2) is 18.2 Å². The Morgan fingerprint density at radius 2 is 2.29 bits per heavy atom. The molecule has 1 aromatic rings. The van der Waals surface area contributed by atoms with Crippen LogP contribution in [-0.2, 0) is 0 Å². The first-order valence-electron chi connectivity index (χ1n) is 4.86. The molecule has 1 aromatic carbocycles. The first-order chi connectivity index (χ1) is 6.59. The van der Waals surface area contributed by atoms with Crippen molar-refractivity contribution in [2.45, 2.75) is 18.9 Å². The van der Waals surface area contributed by atoms with Gasteiger partial charge in [-0.05, 0) is 24.6 Å². The largest absolute Gasteiger partial charge is 0.374 e. The lowest BCUT2D eigenvalue weighted by Crippen LogP contribution is -2.28. The Labute approximate surface area is 83.5 Å². The van der Waals surface area contributed by atoms with Gasteiger partial charge in [-0.25, -0.2) is 4.39 Å².